The van der Waals surface area contributed by atoms with Crippen LogP contribution in [0.5, 0.6) is 0 Å². The van der Waals surface area contributed by atoms with Crippen LogP contribution < -0.4 is 5.32 Å². The molecule has 10 heteroatoms. The Morgan fingerprint density at radius 3 is 1.29 bits per heavy atom. The van der Waals surface area contributed by atoms with Crippen LogP contribution >= 0.6 is 7.82 Å². The zero-order chi connectivity index (χ0) is 47.4. The molecule has 9 nitrogen and oxygen atoms in total. The summed E-state index contributed by atoms with van der Waals surface area (Å²) in [5, 5.41) is 12.7. The normalized spacial score (nSPS) is 14.5. The quantitative estimate of drug-likeness (QED) is 0.0238. The molecule has 0 heterocycles. The number of phosphoric acid groups is 1. The highest BCUT2D eigenvalue weighted by Gasteiger charge is 2.23. The number of amides is 1. The van der Waals surface area contributed by atoms with Gasteiger partial charge in [-0.2, -0.15) is 0 Å². The second-order valence-electron chi connectivity index (χ2n) is 15.3. The van der Waals surface area contributed by atoms with Crippen LogP contribution in [-0.4, -0.2) is 54.3 Å². The highest BCUT2D eigenvalue weighted by molar-refractivity contribution is 7.47. The average molecular weight is 920 g/mol. The van der Waals surface area contributed by atoms with Crippen molar-refractivity contribution in [2.24, 2.45) is 0 Å². The van der Waals surface area contributed by atoms with Gasteiger partial charge in [-0.3, -0.25) is 18.6 Å². The Hall–Kier alpha value is -4.11. The monoisotopic (exact) mass is 920 g/mol. The molecule has 0 aromatic heterocycles. The number of aliphatic hydroxyl groups is 1. The molecule has 0 radical (unpaired) electrons. The van der Waals surface area contributed by atoms with Crippen molar-refractivity contribution in [3.8, 4) is 0 Å². The number of aliphatic hydroxyl groups excluding tert-OH is 1. The zero-order valence-corrected chi connectivity index (χ0v) is 41.0. The number of unbranched alkanes of at least 4 members (excludes halogenated alkanes) is 7. The lowest BCUT2D eigenvalue weighted by atomic mass is 10.1. The Bertz CT molecular complexity index is 1560. The maximum atomic E-state index is 12.1. The second kappa shape index (κ2) is 49.3. The molecule has 65 heavy (non-hydrogen) atoms. The Balaban J connectivity index is 3.75. The van der Waals surface area contributed by atoms with Crippen molar-refractivity contribution in [2.75, 3.05) is 26.4 Å². The summed E-state index contributed by atoms with van der Waals surface area (Å²) in [5.74, 6) is -0.675. The smallest absolute Gasteiger partial charge is 0.463 e. The van der Waals surface area contributed by atoms with E-state index in [2.05, 4.69) is 147 Å². The van der Waals surface area contributed by atoms with Crippen molar-refractivity contribution >= 4 is 19.7 Å². The first-order valence-electron chi connectivity index (χ1n) is 24.3. The number of allylic oxidation sites excluding steroid dienone is 23. The molecule has 0 aliphatic heterocycles. The lowest BCUT2D eigenvalue weighted by Crippen LogP contribution is -2.27. The van der Waals surface area contributed by atoms with E-state index in [1.54, 1.807) is 6.08 Å². The van der Waals surface area contributed by atoms with Crippen LogP contribution in [0.2, 0.25) is 0 Å². The number of phosphoric ester groups is 1. The zero-order valence-electron chi connectivity index (χ0n) is 40.1. The van der Waals surface area contributed by atoms with Crippen molar-refractivity contribution in [3.05, 3.63) is 146 Å². The van der Waals surface area contributed by atoms with E-state index >= 15 is 0 Å². The van der Waals surface area contributed by atoms with Gasteiger partial charge in [-0.05, 0) is 96.3 Å². The number of ether oxygens (including phenoxy) is 1. The summed E-state index contributed by atoms with van der Waals surface area (Å²) >= 11 is 0. The van der Waals surface area contributed by atoms with E-state index in [0.29, 0.717) is 12.8 Å². The number of rotatable bonds is 43. The van der Waals surface area contributed by atoms with Gasteiger partial charge < -0.3 is 20.1 Å². The predicted molar refractivity (Wildman–Crippen MR) is 274 cm³/mol. The fourth-order valence-electron chi connectivity index (χ4n) is 5.73. The van der Waals surface area contributed by atoms with Gasteiger partial charge in [0.25, 0.3) is 0 Å². The number of esters is 1. The number of carbonyl (C=O) groups excluding carboxylic acids is 2. The molecule has 2 atom stereocenters. The van der Waals surface area contributed by atoms with Crippen LogP contribution in [0.15, 0.2) is 146 Å². The van der Waals surface area contributed by atoms with Gasteiger partial charge in [0.05, 0.1) is 19.6 Å². The van der Waals surface area contributed by atoms with Gasteiger partial charge in [0.1, 0.15) is 12.7 Å². The van der Waals surface area contributed by atoms with Gasteiger partial charge in [-0.1, -0.05) is 192 Å². The predicted octanol–water partition coefficient (Wildman–Crippen LogP) is 14.4. The minimum Gasteiger partial charge on any atom is -0.463 e. The van der Waals surface area contributed by atoms with E-state index in [-0.39, 0.29) is 32.1 Å². The molecule has 3 N–H and O–H groups in total. The Morgan fingerprint density at radius 1 is 0.492 bits per heavy atom. The maximum Gasteiger partial charge on any atom is 0.472 e. The lowest BCUT2D eigenvalue weighted by molar-refractivity contribution is -0.146. The largest absolute Gasteiger partial charge is 0.472 e. The first-order valence-corrected chi connectivity index (χ1v) is 25.8. The molecule has 0 aliphatic rings. The summed E-state index contributed by atoms with van der Waals surface area (Å²) in [5.41, 5.74) is 0. The molecular weight excluding hydrogens is 834 g/mol. The highest BCUT2D eigenvalue weighted by Crippen LogP contribution is 2.42. The van der Waals surface area contributed by atoms with Crippen molar-refractivity contribution in [3.63, 3.8) is 0 Å². The molecular formula is C55H86NO8P. The number of nitrogens with one attached hydrogen (secondary N) is 1. The Labute approximate surface area is 395 Å². The third-order valence-corrected chi connectivity index (χ3v) is 10.3. The molecule has 0 spiro atoms. The van der Waals surface area contributed by atoms with Crippen molar-refractivity contribution in [1.82, 2.24) is 5.32 Å². The molecule has 0 bridgehead atoms. The lowest BCUT2D eigenvalue weighted by Gasteiger charge is -2.15. The van der Waals surface area contributed by atoms with Crippen molar-refractivity contribution in [2.45, 2.75) is 161 Å². The van der Waals surface area contributed by atoms with E-state index in [9.17, 15) is 24.2 Å². The minimum atomic E-state index is -4.46. The van der Waals surface area contributed by atoms with E-state index in [0.717, 1.165) is 103 Å². The van der Waals surface area contributed by atoms with Gasteiger partial charge in [-0.15, -0.1) is 0 Å². The molecule has 0 saturated heterocycles. The number of hydrogen-bond donors (Lipinski definition) is 3. The first kappa shape index (κ1) is 60.9. The van der Waals surface area contributed by atoms with Gasteiger partial charge in [-0.25, -0.2) is 4.57 Å². The molecule has 1 amide bonds. The minimum absolute atomic E-state index is 0.0387. The van der Waals surface area contributed by atoms with Crippen LogP contribution in [0.1, 0.15) is 155 Å². The summed E-state index contributed by atoms with van der Waals surface area (Å²) in [6.07, 6.45) is 70.9. The van der Waals surface area contributed by atoms with E-state index < -0.39 is 26.5 Å². The van der Waals surface area contributed by atoms with E-state index in [1.165, 1.54) is 19.3 Å². The summed E-state index contributed by atoms with van der Waals surface area (Å²) < 4.78 is 26.8. The fourth-order valence-corrected chi connectivity index (χ4v) is 6.48. The molecule has 364 valence electrons. The Morgan fingerprint density at radius 2 is 0.862 bits per heavy atom. The second-order valence-corrected chi connectivity index (χ2v) is 16.8. The van der Waals surface area contributed by atoms with Gasteiger partial charge in [0.2, 0.25) is 5.91 Å². The third kappa shape index (κ3) is 50.7. The first-order chi connectivity index (χ1) is 31.8. The summed E-state index contributed by atoms with van der Waals surface area (Å²) in [7, 11) is -4.46. The highest BCUT2D eigenvalue weighted by atomic mass is 31.2. The molecule has 2 unspecified atom stereocenters. The van der Waals surface area contributed by atoms with E-state index in [4.69, 9.17) is 13.8 Å². The van der Waals surface area contributed by atoms with Crippen molar-refractivity contribution in [1.29, 1.82) is 0 Å². The van der Waals surface area contributed by atoms with Gasteiger partial charge in [0.15, 0.2) is 0 Å². The molecule has 0 aromatic carbocycles. The van der Waals surface area contributed by atoms with Gasteiger partial charge >= 0.3 is 13.8 Å². The van der Waals surface area contributed by atoms with Crippen LogP contribution in [-0.2, 0) is 27.9 Å². The molecule has 0 aromatic rings. The average Bonchev–Trinajstić information content (AvgIpc) is 3.29. The fraction of sp³-hybridized carbons (Fsp3) is 0.527. The van der Waals surface area contributed by atoms with Crippen LogP contribution in [0.3, 0.4) is 0 Å². The van der Waals surface area contributed by atoms with E-state index in [1.807, 2.05) is 12.2 Å². The maximum absolute atomic E-state index is 12.1. The molecule has 0 saturated carbocycles. The number of carbonyl (C=O) groups is 2. The molecule has 0 rings (SSSR count). The summed E-state index contributed by atoms with van der Waals surface area (Å²) in [6, 6.07) is 0. The van der Waals surface area contributed by atoms with Crippen LogP contribution in [0.4, 0.5) is 0 Å². The summed E-state index contributed by atoms with van der Waals surface area (Å²) in [4.78, 5) is 34.0. The Kier molecular flexibility index (Phi) is 46.2. The SMILES string of the molecule is CC/C=C\C/C=C\C/C=C\C/C=C\C/C=C\C/C=C\C/C=C\CC(=O)OCC(O)COP(=O)(O)OCCNC(=O)CCCCCCCCC/C=C\C/C=C\C/C=C\C/C=C\C/C=C\CC. The van der Waals surface area contributed by atoms with Crippen molar-refractivity contribution < 1.29 is 37.9 Å². The molecule has 0 fully saturated rings. The molecule has 0 aliphatic carbocycles. The van der Waals surface area contributed by atoms with Crippen LogP contribution in [0, 0.1) is 0 Å². The third-order valence-electron chi connectivity index (χ3n) is 9.30. The van der Waals surface area contributed by atoms with Crippen LogP contribution in [0.25, 0.3) is 0 Å². The number of hydrogen-bond acceptors (Lipinski definition) is 7. The topological polar surface area (TPSA) is 131 Å². The standard InChI is InChI=1S/C55H86NO8P/c1-3-5-7-9-11-13-15-17-19-21-23-25-26-28-29-31-33-35-37-39-41-43-45-47-54(58)56-49-50-63-65(60,61)64-52-53(57)51-62-55(59)48-46-44-42-40-38-36-34-32-30-27-24-22-20-18-16-14-12-10-8-6-4-2/h5-8,11-14,17-20,23-25,27-29,32,34,38,40,44,46,53,57H,3-4,9-10,15-16,21-22,26,30-31,33,35-37,39,41-43,45,47-52H2,1-2H3,(H,56,58)(H,60,61)/b7-5-,8-6-,13-11-,14-12-,19-17-,20-18-,25-23-,27-24-,29-28-,34-32-,40-38-,46-44-. The summed E-state index contributed by atoms with van der Waals surface area (Å²) in [6.45, 7) is 3.17. The van der Waals surface area contributed by atoms with Gasteiger partial charge in [0, 0.05) is 13.0 Å².